The number of para-hydroxylation sites is 1. The zero-order chi connectivity index (χ0) is 30.8. The number of aliphatic hydroxyl groups excluding tert-OH is 1. The van der Waals surface area contributed by atoms with E-state index in [1.54, 1.807) is 32.5 Å². The van der Waals surface area contributed by atoms with Gasteiger partial charge in [0.25, 0.3) is 5.91 Å². The lowest BCUT2D eigenvalue weighted by atomic mass is 9.78. The molecule has 0 saturated carbocycles. The van der Waals surface area contributed by atoms with E-state index < -0.39 is 22.6 Å². The summed E-state index contributed by atoms with van der Waals surface area (Å²) in [5.41, 5.74) is 1.35. The number of fused-ring (bicyclic) bond motifs is 2. The molecule has 0 bridgehead atoms. The number of thioether (sulfide) groups is 1. The molecule has 1 spiro atoms. The van der Waals surface area contributed by atoms with E-state index in [1.807, 2.05) is 73.7 Å². The summed E-state index contributed by atoms with van der Waals surface area (Å²) in [5.74, 6) is -1.01. The molecule has 2 aromatic rings. The van der Waals surface area contributed by atoms with Crippen molar-refractivity contribution >= 4 is 52.5 Å². The second-order valence-electron chi connectivity index (χ2n) is 11.6. The molecular formula is C34H38ClN3O5S. The lowest BCUT2D eigenvalue weighted by Gasteiger charge is -2.35. The van der Waals surface area contributed by atoms with Gasteiger partial charge in [0.1, 0.15) is 11.8 Å². The van der Waals surface area contributed by atoms with Crippen molar-refractivity contribution in [1.82, 2.24) is 4.90 Å². The summed E-state index contributed by atoms with van der Waals surface area (Å²) in [6, 6.07) is 14.0. The Balaban J connectivity index is 1.37. The van der Waals surface area contributed by atoms with Crippen LogP contribution in [0.25, 0.3) is 0 Å². The van der Waals surface area contributed by atoms with Crippen molar-refractivity contribution in [3.8, 4) is 5.75 Å². The lowest BCUT2D eigenvalue weighted by molar-refractivity contribution is -0.138. The first-order chi connectivity index (χ1) is 21.4. The lowest BCUT2D eigenvalue weighted by Crippen LogP contribution is -2.53. The van der Waals surface area contributed by atoms with Gasteiger partial charge in [-0.25, -0.2) is 0 Å². The summed E-state index contributed by atoms with van der Waals surface area (Å²) >= 11 is 8.15. The summed E-state index contributed by atoms with van der Waals surface area (Å²) in [6.45, 7) is 3.75. The van der Waals surface area contributed by atoms with Gasteiger partial charge in [-0.15, -0.1) is 11.8 Å². The Bertz CT molecular complexity index is 1470. The number of unbranched alkanes of at least 4 members (excludes halogenated alkanes) is 3. The normalized spacial score (nSPS) is 27.7. The Morgan fingerprint density at radius 1 is 0.932 bits per heavy atom. The highest BCUT2D eigenvalue weighted by Gasteiger charge is 2.71. The van der Waals surface area contributed by atoms with Gasteiger partial charge >= 0.3 is 0 Å². The van der Waals surface area contributed by atoms with Crippen LogP contribution < -0.4 is 14.5 Å². The van der Waals surface area contributed by atoms with Crippen molar-refractivity contribution in [3.63, 3.8) is 0 Å². The molecule has 2 aromatic carbocycles. The number of hydrogen-bond donors (Lipinski definition) is 1. The van der Waals surface area contributed by atoms with E-state index in [0.29, 0.717) is 49.8 Å². The number of likely N-dealkylation sites (tertiary alicyclic amines) is 1. The van der Waals surface area contributed by atoms with Gasteiger partial charge in [0.2, 0.25) is 11.8 Å². The fourth-order valence-corrected chi connectivity index (χ4v) is 9.38. The first kappa shape index (κ1) is 30.7. The largest absolute Gasteiger partial charge is 0.494 e. The average molecular weight is 636 g/mol. The highest BCUT2D eigenvalue weighted by Crippen LogP contribution is 2.61. The van der Waals surface area contributed by atoms with Gasteiger partial charge < -0.3 is 24.5 Å². The van der Waals surface area contributed by atoms with Crippen molar-refractivity contribution in [2.45, 2.75) is 48.6 Å². The van der Waals surface area contributed by atoms with Crippen LogP contribution in [0.5, 0.6) is 5.75 Å². The highest BCUT2D eigenvalue weighted by atomic mass is 35.5. The maximum atomic E-state index is 14.6. The number of rotatable bonds is 10. The van der Waals surface area contributed by atoms with Gasteiger partial charge in [-0.05, 0) is 56.2 Å². The quantitative estimate of drug-likeness (QED) is 0.289. The third kappa shape index (κ3) is 5.33. The van der Waals surface area contributed by atoms with E-state index in [9.17, 15) is 19.5 Å². The number of halogens is 1. The second kappa shape index (κ2) is 13.0. The summed E-state index contributed by atoms with van der Waals surface area (Å²) in [7, 11) is 0. The maximum absolute atomic E-state index is 14.6. The highest BCUT2D eigenvalue weighted by molar-refractivity contribution is 8.02. The number of hydrogen-bond acceptors (Lipinski definition) is 6. The Morgan fingerprint density at radius 2 is 1.68 bits per heavy atom. The number of aliphatic hydroxyl groups is 1. The Morgan fingerprint density at radius 3 is 2.43 bits per heavy atom. The molecule has 2 fully saturated rings. The van der Waals surface area contributed by atoms with E-state index in [1.165, 1.54) is 0 Å². The monoisotopic (exact) mass is 635 g/mol. The third-order valence-corrected chi connectivity index (χ3v) is 11.1. The first-order valence-electron chi connectivity index (χ1n) is 15.4. The molecule has 8 nitrogen and oxygen atoms in total. The zero-order valence-electron chi connectivity index (χ0n) is 24.8. The first-order valence-corrected chi connectivity index (χ1v) is 16.7. The van der Waals surface area contributed by atoms with Crippen molar-refractivity contribution in [1.29, 1.82) is 0 Å². The molecule has 4 aliphatic rings. The molecule has 44 heavy (non-hydrogen) atoms. The summed E-state index contributed by atoms with van der Waals surface area (Å²) in [6.07, 6.45) is 11.1. The summed E-state index contributed by atoms with van der Waals surface area (Å²) in [5, 5.41) is 9.44. The molecule has 3 amide bonds. The molecular weight excluding hydrogens is 598 g/mol. The molecule has 0 aromatic heterocycles. The van der Waals surface area contributed by atoms with Crippen molar-refractivity contribution in [2.24, 2.45) is 11.8 Å². The fourth-order valence-electron chi connectivity index (χ4n) is 7.13. The van der Waals surface area contributed by atoms with Crippen LogP contribution in [0, 0.1) is 11.8 Å². The van der Waals surface area contributed by atoms with Gasteiger partial charge in [0.15, 0.2) is 0 Å². The summed E-state index contributed by atoms with van der Waals surface area (Å²) < 4.78 is 4.70. The number of carbonyl (C=O) groups is 3. The minimum Gasteiger partial charge on any atom is -0.494 e. The van der Waals surface area contributed by atoms with Gasteiger partial charge in [-0.1, -0.05) is 60.9 Å². The maximum Gasteiger partial charge on any atom is 0.251 e. The Labute approximate surface area is 267 Å². The molecule has 1 unspecified atom stereocenters. The summed E-state index contributed by atoms with van der Waals surface area (Å²) in [4.78, 5) is 48.7. The van der Waals surface area contributed by atoms with E-state index in [2.05, 4.69) is 0 Å². The fraction of sp³-hybridized carbons (Fsp3) is 0.441. The third-order valence-electron chi connectivity index (χ3n) is 9.07. The van der Waals surface area contributed by atoms with Gasteiger partial charge in [0, 0.05) is 37.2 Å². The predicted molar refractivity (Wildman–Crippen MR) is 174 cm³/mol. The van der Waals surface area contributed by atoms with Gasteiger partial charge in [-0.3, -0.25) is 14.4 Å². The Kier molecular flexibility index (Phi) is 9.08. The van der Waals surface area contributed by atoms with Crippen molar-refractivity contribution < 1.29 is 24.2 Å². The van der Waals surface area contributed by atoms with Crippen LogP contribution in [0.1, 0.15) is 32.6 Å². The van der Waals surface area contributed by atoms with Crippen LogP contribution in [-0.4, -0.2) is 76.6 Å². The number of ether oxygens (including phenoxy) is 1. The van der Waals surface area contributed by atoms with Crippen LogP contribution in [0.3, 0.4) is 0 Å². The molecule has 10 heteroatoms. The van der Waals surface area contributed by atoms with Crippen LogP contribution in [-0.2, 0) is 14.4 Å². The Hall–Kier alpha value is -3.27. The number of benzene rings is 2. The SMILES string of the molecule is CCOc1ccc(N2CC=C[C@H]3S[C@]45C=CCN(c6ccccc6Cl)C(=O)C4N(CCCCCCO)C(=O)[C@@H]5[C@H]3C2=O)cc1. The van der Waals surface area contributed by atoms with Crippen molar-refractivity contribution in [2.75, 3.05) is 42.6 Å². The van der Waals surface area contributed by atoms with Crippen LogP contribution in [0.15, 0.2) is 72.8 Å². The molecule has 2 saturated heterocycles. The minimum absolute atomic E-state index is 0.108. The molecule has 4 heterocycles. The van der Waals surface area contributed by atoms with E-state index in [4.69, 9.17) is 16.3 Å². The molecule has 5 atom stereocenters. The number of amides is 3. The number of anilines is 2. The standard InChI is InChI=1S/C34H38ClN3O5S/c1-2-43-24-16-14-23(15-17-24)36-20-9-13-27-28(31(36)40)29-32(41)38(19-7-3-4-8-22-39)30-33(42)37(21-10-18-34(29,30)44-27)26-12-6-5-11-25(26)35/h5-6,9-18,27-30,39H,2-4,7-8,19-22H2,1H3/t27-,28+,29+,30?,34+/m1/s1. The molecule has 6 rings (SSSR count). The van der Waals surface area contributed by atoms with E-state index in [-0.39, 0.29) is 29.6 Å². The average Bonchev–Trinajstić information content (AvgIpc) is 3.33. The van der Waals surface area contributed by atoms with Crippen LogP contribution in [0.2, 0.25) is 5.02 Å². The molecule has 4 aliphatic heterocycles. The van der Waals surface area contributed by atoms with E-state index >= 15 is 0 Å². The minimum atomic E-state index is -0.896. The predicted octanol–water partition coefficient (Wildman–Crippen LogP) is 5.09. The number of nitrogens with zero attached hydrogens (tertiary/aromatic N) is 3. The molecule has 0 radical (unpaired) electrons. The van der Waals surface area contributed by atoms with Crippen LogP contribution >= 0.6 is 23.4 Å². The van der Waals surface area contributed by atoms with Crippen LogP contribution in [0.4, 0.5) is 11.4 Å². The second-order valence-corrected chi connectivity index (χ2v) is 13.5. The molecule has 0 aliphatic carbocycles. The number of carbonyl (C=O) groups excluding carboxylic acids is 3. The van der Waals surface area contributed by atoms with Gasteiger partial charge in [-0.2, -0.15) is 0 Å². The topological polar surface area (TPSA) is 90.4 Å². The van der Waals surface area contributed by atoms with Gasteiger partial charge in [0.05, 0.1) is 33.9 Å². The molecule has 1 N–H and O–H groups in total. The van der Waals surface area contributed by atoms with Crippen molar-refractivity contribution in [3.05, 3.63) is 77.9 Å². The smallest absolute Gasteiger partial charge is 0.251 e. The van der Waals surface area contributed by atoms with E-state index in [0.717, 1.165) is 24.3 Å². The zero-order valence-corrected chi connectivity index (χ0v) is 26.4. The molecule has 232 valence electrons.